The van der Waals surface area contributed by atoms with Gasteiger partial charge in [0, 0.05) is 15.0 Å². The van der Waals surface area contributed by atoms with Crippen molar-refractivity contribution in [3.63, 3.8) is 0 Å². The number of rotatable bonds is 2. The Morgan fingerprint density at radius 2 is 1.90 bits per heavy atom. The maximum absolute atomic E-state index is 2.31. The average molecular weight is 290 g/mol. The molecule has 1 aromatic heterocycles. The zero-order valence-electron chi connectivity index (χ0n) is 12.2. The van der Waals surface area contributed by atoms with Crippen molar-refractivity contribution in [1.29, 1.82) is 0 Å². The van der Waals surface area contributed by atoms with E-state index in [-0.39, 0.29) is 0 Å². The molecule has 0 radical (unpaired) electrons. The molecule has 1 aliphatic rings. The van der Waals surface area contributed by atoms with Crippen molar-refractivity contribution in [3.8, 4) is 11.1 Å². The molecule has 0 aliphatic heterocycles. The predicted molar refractivity (Wildman–Crippen MR) is 94.0 cm³/mol. The van der Waals surface area contributed by atoms with E-state index in [0.29, 0.717) is 0 Å². The molecule has 21 heavy (non-hydrogen) atoms. The summed E-state index contributed by atoms with van der Waals surface area (Å²) in [6.07, 6.45) is 8.08. The van der Waals surface area contributed by atoms with Crippen molar-refractivity contribution in [2.75, 3.05) is 0 Å². The first kappa shape index (κ1) is 12.8. The fraction of sp³-hybridized carbons (Fsp3) is 0.200. The molecular weight excluding hydrogens is 272 g/mol. The van der Waals surface area contributed by atoms with Gasteiger partial charge in [0.05, 0.1) is 0 Å². The summed E-state index contributed by atoms with van der Waals surface area (Å²) in [6, 6.07) is 15.8. The number of aryl methyl sites for hydroxylation is 2. The summed E-state index contributed by atoms with van der Waals surface area (Å²) < 4.78 is 1.44. The highest BCUT2D eigenvalue weighted by atomic mass is 32.1. The molecule has 1 heterocycles. The summed E-state index contributed by atoms with van der Waals surface area (Å²) in [5.74, 6) is 0. The lowest BCUT2D eigenvalue weighted by Gasteiger charge is -2.05. The first-order valence-electron chi connectivity index (χ1n) is 7.67. The van der Waals surface area contributed by atoms with Gasteiger partial charge in [-0.15, -0.1) is 11.3 Å². The summed E-state index contributed by atoms with van der Waals surface area (Å²) in [6.45, 7) is 2.20. The van der Waals surface area contributed by atoms with E-state index >= 15 is 0 Å². The summed E-state index contributed by atoms with van der Waals surface area (Å²) in [7, 11) is 0. The normalized spacial score (nSPS) is 13.6. The molecule has 1 heteroatoms. The van der Waals surface area contributed by atoms with Crippen LogP contribution in [0.1, 0.15) is 29.3 Å². The van der Waals surface area contributed by atoms with E-state index in [2.05, 4.69) is 61.5 Å². The fourth-order valence-corrected chi connectivity index (χ4v) is 4.46. The monoisotopic (exact) mass is 290 g/mol. The number of hydrogen-bond acceptors (Lipinski definition) is 1. The molecule has 0 fully saturated rings. The first-order chi connectivity index (χ1) is 10.4. The minimum atomic E-state index is 1.10. The molecule has 0 amide bonds. The highest BCUT2D eigenvalue weighted by Crippen LogP contribution is 2.40. The van der Waals surface area contributed by atoms with Crippen LogP contribution in [0.15, 0.2) is 48.5 Å². The quantitative estimate of drug-likeness (QED) is 0.535. The Hall–Kier alpha value is -1.86. The maximum atomic E-state index is 2.31. The molecule has 0 N–H and O–H groups in total. The van der Waals surface area contributed by atoms with Crippen LogP contribution in [0.2, 0.25) is 0 Å². The summed E-state index contributed by atoms with van der Waals surface area (Å²) >= 11 is 1.98. The predicted octanol–water partition coefficient (Wildman–Crippen LogP) is 6.09. The minimum Gasteiger partial charge on any atom is -0.139 e. The van der Waals surface area contributed by atoms with Crippen molar-refractivity contribution in [2.45, 2.75) is 26.2 Å². The second-order valence-electron chi connectivity index (χ2n) is 5.61. The standard InChI is InChI=1S/C20H18S/c1-2-14-10-12-15(13-11-14)16-7-5-8-18-17-6-3-4-9-19(17)21-20(16)18/h3,5-8,10-13H,2,4,9H2,1H3. The van der Waals surface area contributed by atoms with Crippen LogP contribution in [0.3, 0.4) is 0 Å². The van der Waals surface area contributed by atoms with Gasteiger partial charge >= 0.3 is 0 Å². The van der Waals surface area contributed by atoms with Crippen LogP contribution in [0.5, 0.6) is 0 Å². The zero-order valence-corrected chi connectivity index (χ0v) is 13.0. The second kappa shape index (κ2) is 5.16. The van der Waals surface area contributed by atoms with Gasteiger partial charge in [-0.3, -0.25) is 0 Å². The largest absolute Gasteiger partial charge is 0.139 e. The lowest BCUT2D eigenvalue weighted by molar-refractivity contribution is 1.02. The van der Waals surface area contributed by atoms with E-state index in [1.807, 2.05) is 11.3 Å². The summed E-state index contributed by atoms with van der Waals surface area (Å²) in [5, 5.41) is 1.42. The lowest BCUT2D eigenvalue weighted by Crippen LogP contribution is -1.86. The van der Waals surface area contributed by atoms with Gasteiger partial charge in [-0.1, -0.05) is 61.5 Å². The molecule has 3 aromatic rings. The Balaban J connectivity index is 1.92. The van der Waals surface area contributed by atoms with Gasteiger partial charge in [0.1, 0.15) is 0 Å². The third kappa shape index (κ3) is 2.13. The van der Waals surface area contributed by atoms with Gasteiger partial charge in [0.25, 0.3) is 0 Å². The van der Waals surface area contributed by atoms with Crippen LogP contribution in [-0.2, 0) is 12.8 Å². The SMILES string of the molecule is CCc1ccc(-c2cccc3c4c(sc23)CCC=C4)cc1. The number of benzene rings is 2. The maximum Gasteiger partial charge on any atom is 0.0430 e. The van der Waals surface area contributed by atoms with Crippen LogP contribution >= 0.6 is 11.3 Å². The molecule has 0 atom stereocenters. The molecule has 0 saturated heterocycles. The van der Waals surface area contributed by atoms with Crippen molar-refractivity contribution < 1.29 is 0 Å². The smallest absolute Gasteiger partial charge is 0.0430 e. The van der Waals surface area contributed by atoms with E-state index < -0.39 is 0 Å². The highest BCUT2D eigenvalue weighted by Gasteiger charge is 2.15. The summed E-state index contributed by atoms with van der Waals surface area (Å²) in [4.78, 5) is 1.55. The van der Waals surface area contributed by atoms with Crippen LogP contribution < -0.4 is 0 Å². The second-order valence-corrected chi connectivity index (χ2v) is 6.72. The molecule has 2 aromatic carbocycles. The molecule has 0 bridgehead atoms. The lowest BCUT2D eigenvalue weighted by atomic mass is 9.98. The number of allylic oxidation sites excluding steroid dienone is 1. The van der Waals surface area contributed by atoms with Crippen LogP contribution in [0.25, 0.3) is 27.3 Å². The van der Waals surface area contributed by atoms with E-state index in [9.17, 15) is 0 Å². The average Bonchev–Trinajstić information content (AvgIpc) is 2.94. The molecule has 0 nitrogen and oxygen atoms in total. The zero-order chi connectivity index (χ0) is 14.2. The molecule has 0 unspecified atom stereocenters. The van der Waals surface area contributed by atoms with Crippen LogP contribution in [0.4, 0.5) is 0 Å². The number of hydrogen-bond donors (Lipinski definition) is 0. The number of fused-ring (bicyclic) bond motifs is 3. The van der Waals surface area contributed by atoms with E-state index in [4.69, 9.17) is 0 Å². The van der Waals surface area contributed by atoms with Crippen molar-refractivity contribution in [1.82, 2.24) is 0 Å². The Kier molecular flexibility index (Phi) is 3.16. The van der Waals surface area contributed by atoms with Crippen molar-refractivity contribution in [3.05, 3.63) is 64.5 Å². The summed E-state index contributed by atoms with van der Waals surface area (Å²) in [5.41, 5.74) is 5.57. The van der Waals surface area contributed by atoms with E-state index in [1.165, 1.54) is 45.2 Å². The topological polar surface area (TPSA) is 0 Å². The van der Waals surface area contributed by atoms with Crippen LogP contribution in [0, 0.1) is 0 Å². The first-order valence-corrected chi connectivity index (χ1v) is 8.48. The van der Waals surface area contributed by atoms with Gasteiger partial charge in [0.2, 0.25) is 0 Å². The Bertz CT molecular complexity index is 819. The molecule has 4 rings (SSSR count). The number of thiophene rings is 1. The molecular formula is C20H18S. The van der Waals surface area contributed by atoms with Gasteiger partial charge in [-0.2, -0.15) is 0 Å². The van der Waals surface area contributed by atoms with Crippen molar-refractivity contribution in [2.24, 2.45) is 0 Å². The molecule has 0 spiro atoms. The third-order valence-corrected chi connectivity index (χ3v) is 5.64. The van der Waals surface area contributed by atoms with Gasteiger partial charge < -0.3 is 0 Å². The molecule has 104 valence electrons. The van der Waals surface area contributed by atoms with Crippen molar-refractivity contribution >= 4 is 27.5 Å². The Morgan fingerprint density at radius 1 is 1.05 bits per heavy atom. The Morgan fingerprint density at radius 3 is 2.71 bits per heavy atom. The minimum absolute atomic E-state index is 1.10. The third-order valence-electron chi connectivity index (χ3n) is 4.33. The van der Waals surface area contributed by atoms with Gasteiger partial charge in [-0.25, -0.2) is 0 Å². The fourth-order valence-electron chi connectivity index (χ4n) is 3.12. The molecule has 0 saturated carbocycles. The van der Waals surface area contributed by atoms with E-state index in [1.54, 1.807) is 4.88 Å². The molecule has 1 aliphatic carbocycles. The van der Waals surface area contributed by atoms with Gasteiger partial charge in [-0.05, 0) is 41.5 Å². The van der Waals surface area contributed by atoms with Gasteiger partial charge in [0.15, 0.2) is 0 Å². The van der Waals surface area contributed by atoms with Crippen LogP contribution in [-0.4, -0.2) is 0 Å². The highest BCUT2D eigenvalue weighted by molar-refractivity contribution is 7.20. The van der Waals surface area contributed by atoms with E-state index in [0.717, 1.165) is 6.42 Å². The Labute approximate surface area is 129 Å².